The Morgan fingerprint density at radius 3 is 2.58 bits per heavy atom. The quantitative estimate of drug-likeness (QED) is 0.623. The molecule has 2 aromatic rings. The van der Waals surface area contributed by atoms with Crippen LogP contribution in [-0.4, -0.2) is 41.8 Å². The van der Waals surface area contributed by atoms with E-state index in [1.165, 1.54) is 19.2 Å². The van der Waals surface area contributed by atoms with Gasteiger partial charge >= 0.3 is 6.18 Å². The highest BCUT2D eigenvalue weighted by Crippen LogP contribution is 2.53. The van der Waals surface area contributed by atoms with Crippen LogP contribution in [0.25, 0.3) is 0 Å². The van der Waals surface area contributed by atoms with Crippen molar-refractivity contribution in [3.05, 3.63) is 53.4 Å². The van der Waals surface area contributed by atoms with Gasteiger partial charge in [0.1, 0.15) is 11.8 Å². The Morgan fingerprint density at radius 1 is 1.30 bits per heavy atom. The van der Waals surface area contributed by atoms with E-state index in [0.29, 0.717) is 0 Å². The summed E-state index contributed by atoms with van der Waals surface area (Å²) in [5, 5.41) is 2.37. The molecule has 33 heavy (non-hydrogen) atoms. The van der Waals surface area contributed by atoms with Crippen LogP contribution in [0.5, 0.6) is 5.75 Å². The lowest BCUT2D eigenvalue weighted by molar-refractivity contribution is -0.270. The van der Waals surface area contributed by atoms with Gasteiger partial charge < -0.3 is 20.5 Å². The highest BCUT2D eigenvalue weighted by molar-refractivity contribution is 5.97. The summed E-state index contributed by atoms with van der Waals surface area (Å²) in [4.78, 5) is 28.0. The van der Waals surface area contributed by atoms with Crippen LogP contribution >= 0.6 is 0 Å². The average molecular weight is 473 g/mol. The Bertz CT molecular complexity index is 1080. The van der Waals surface area contributed by atoms with E-state index in [4.69, 9.17) is 15.2 Å². The molecule has 7 nitrogen and oxygen atoms in total. The molecule has 0 radical (unpaired) electrons. The molecule has 0 aliphatic carbocycles. The van der Waals surface area contributed by atoms with Crippen molar-refractivity contribution in [2.24, 2.45) is 5.73 Å². The Labute approximate surface area is 185 Å². The van der Waals surface area contributed by atoms with E-state index in [1.807, 2.05) is 0 Å². The van der Waals surface area contributed by atoms with Gasteiger partial charge in [-0.3, -0.25) is 14.6 Å². The van der Waals surface area contributed by atoms with E-state index in [-0.39, 0.29) is 16.9 Å². The lowest BCUT2D eigenvalue weighted by Gasteiger charge is -2.30. The van der Waals surface area contributed by atoms with Crippen LogP contribution in [0, 0.1) is 11.6 Å². The van der Waals surface area contributed by atoms with Gasteiger partial charge in [-0.1, -0.05) is 13.0 Å². The molecule has 0 spiro atoms. The molecule has 12 heteroatoms. The number of methoxy groups -OCH3 is 1. The molecule has 1 aromatic heterocycles. The Kier molecular flexibility index (Phi) is 6.59. The molecule has 2 amide bonds. The molecule has 1 aromatic carbocycles. The van der Waals surface area contributed by atoms with Crippen LogP contribution in [-0.2, 0) is 9.53 Å². The van der Waals surface area contributed by atoms with Gasteiger partial charge in [0.15, 0.2) is 17.2 Å². The minimum atomic E-state index is -4.85. The van der Waals surface area contributed by atoms with Crippen molar-refractivity contribution in [2.75, 3.05) is 12.4 Å². The van der Waals surface area contributed by atoms with E-state index in [2.05, 4.69) is 10.3 Å². The number of carbonyl (C=O) groups is 2. The predicted molar refractivity (Wildman–Crippen MR) is 106 cm³/mol. The highest BCUT2D eigenvalue weighted by Gasteiger charge is 2.63. The maximum Gasteiger partial charge on any atom is 0.417 e. The van der Waals surface area contributed by atoms with Gasteiger partial charge in [0.25, 0.3) is 11.8 Å². The fourth-order valence-corrected chi connectivity index (χ4v) is 3.86. The molecule has 0 saturated carbocycles. The van der Waals surface area contributed by atoms with Gasteiger partial charge in [-0.15, -0.1) is 0 Å². The average Bonchev–Trinajstić information content (AvgIpc) is 3.17. The number of halogens is 5. The molecule has 1 fully saturated rings. The first-order chi connectivity index (χ1) is 15.4. The number of nitrogens with two attached hydrogens (primary N) is 1. The highest BCUT2D eigenvalue weighted by atomic mass is 19.4. The van der Waals surface area contributed by atoms with Gasteiger partial charge in [-0.25, -0.2) is 4.39 Å². The molecule has 1 saturated heterocycles. The fourth-order valence-electron chi connectivity index (χ4n) is 3.86. The zero-order chi connectivity index (χ0) is 24.6. The maximum atomic E-state index is 14.3. The van der Waals surface area contributed by atoms with E-state index >= 15 is 0 Å². The number of ether oxygens (including phenoxy) is 2. The first-order valence-corrected chi connectivity index (χ1v) is 9.77. The number of primary amides is 1. The minimum Gasteiger partial charge on any atom is -0.493 e. The van der Waals surface area contributed by atoms with Crippen molar-refractivity contribution in [2.45, 2.75) is 43.6 Å². The number of anilines is 1. The largest absolute Gasteiger partial charge is 0.493 e. The number of nitrogens with one attached hydrogen (secondary N) is 1. The van der Waals surface area contributed by atoms with E-state index in [0.717, 1.165) is 25.3 Å². The molecule has 1 aliphatic heterocycles. The summed E-state index contributed by atoms with van der Waals surface area (Å²) < 4.78 is 80.1. The Morgan fingerprint density at radius 2 is 2.00 bits per heavy atom. The SMILES string of the molecule is CC[C@@]1(C(F)(F)F)C[C@H](c2ccc(F)c(F)c2OC)[C@H](C(=O)Nc2ccnc(C(N)=O)c2)O1. The zero-order valence-electron chi connectivity index (χ0n) is 17.5. The first kappa shape index (κ1) is 24.4. The predicted octanol–water partition coefficient (Wildman–Crippen LogP) is 3.69. The van der Waals surface area contributed by atoms with Gasteiger partial charge in [0.2, 0.25) is 5.82 Å². The number of hydrogen-bond acceptors (Lipinski definition) is 5. The topological polar surface area (TPSA) is 104 Å². The van der Waals surface area contributed by atoms with E-state index < -0.39 is 65.8 Å². The molecule has 178 valence electrons. The normalized spacial score (nSPS) is 22.8. The van der Waals surface area contributed by atoms with Gasteiger partial charge in [0.05, 0.1) is 7.11 Å². The fraction of sp³-hybridized carbons (Fsp3) is 0.381. The van der Waals surface area contributed by atoms with Crippen LogP contribution in [0.4, 0.5) is 27.6 Å². The van der Waals surface area contributed by atoms with Crippen LogP contribution in [0.3, 0.4) is 0 Å². The first-order valence-electron chi connectivity index (χ1n) is 9.77. The number of amides is 2. The number of hydrogen-bond donors (Lipinski definition) is 2. The third-order valence-corrected chi connectivity index (χ3v) is 5.58. The van der Waals surface area contributed by atoms with Crippen molar-refractivity contribution in [3.63, 3.8) is 0 Å². The number of carbonyl (C=O) groups excluding carboxylic acids is 2. The van der Waals surface area contributed by atoms with Gasteiger partial charge in [0, 0.05) is 23.4 Å². The standard InChI is InChI=1S/C21H20F5N3O4/c1-3-20(21(24,25)26)9-12(11-4-5-13(22)15(23)16(11)32-2)17(33-20)19(31)29-10-6-7-28-14(8-10)18(27)30/h4-8,12,17H,3,9H2,1-2H3,(H2,27,30)(H,28,29,31)/t12-,17-,20+/m1/s1. The summed E-state index contributed by atoms with van der Waals surface area (Å²) in [6.07, 6.45) is -6.67. The molecule has 3 atom stereocenters. The summed E-state index contributed by atoms with van der Waals surface area (Å²) in [5.74, 6) is -6.47. The van der Waals surface area contributed by atoms with Crippen LogP contribution in [0.15, 0.2) is 30.5 Å². The number of rotatable bonds is 6. The number of benzene rings is 1. The molecule has 0 unspecified atom stereocenters. The number of pyridine rings is 1. The minimum absolute atomic E-state index is 0.0319. The van der Waals surface area contributed by atoms with E-state index in [1.54, 1.807) is 0 Å². The number of alkyl halides is 3. The van der Waals surface area contributed by atoms with Crippen molar-refractivity contribution in [1.82, 2.24) is 4.98 Å². The lowest BCUT2D eigenvalue weighted by Crippen LogP contribution is -2.45. The summed E-state index contributed by atoms with van der Waals surface area (Å²) in [6.45, 7) is 1.25. The van der Waals surface area contributed by atoms with Crippen molar-refractivity contribution < 1.29 is 41.0 Å². The molecule has 2 heterocycles. The number of aromatic nitrogens is 1. The second kappa shape index (κ2) is 8.93. The second-order valence-corrected chi connectivity index (χ2v) is 7.46. The molecular weight excluding hydrogens is 453 g/mol. The van der Waals surface area contributed by atoms with Crippen molar-refractivity contribution >= 4 is 17.5 Å². The van der Waals surface area contributed by atoms with Crippen LogP contribution in [0.1, 0.15) is 41.7 Å². The molecule has 0 bridgehead atoms. The third kappa shape index (κ3) is 4.47. The van der Waals surface area contributed by atoms with Gasteiger partial charge in [-0.2, -0.15) is 17.6 Å². The zero-order valence-corrected chi connectivity index (χ0v) is 17.5. The van der Waals surface area contributed by atoms with Crippen molar-refractivity contribution in [3.8, 4) is 5.75 Å². The number of nitrogens with zero attached hydrogens (tertiary/aromatic N) is 1. The summed E-state index contributed by atoms with van der Waals surface area (Å²) >= 11 is 0. The third-order valence-electron chi connectivity index (χ3n) is 5.58. The molecule has 1 aliphatic rings. The maximum absolute atomic E-state index is 14.3. The Balaban J connectivity index is 2.05. The summed E-state index contributed by atoms with van der Waals surface area (Å²) in [7, 11) is 1.03. The molecule has 3 N–H and O–H groups in total. The monoisotopic (exact) mass is 473 g/mol. The van der Waals surface area contributed by atoms with Crippen LogP contribution < -0.4 is 15.8 Å². The summed E-state index contributed by atoms with van der Waals surface area (Å²) in [6, 6.07) is 4.23. The van der Waals surface area contributed by atoms with Crippen molar-refractivity contribution in [1.29, 1.82) is 0 Å². The lowest BCUT2D eigenvalue weighted by atomic mass is 9.84. The Hall–Kier alpha value is -3.28. The smallest absolute Gasteiger partial charge is 0.417 e. The molecule has 3 rings (SSSR count). The van der Waals surface area contributed by atoms with Gasteiger partial charge in [-0.05, 0) is 31.0 Å². The van der Waals surface area contributed by atoms with Crippen LogP contribution in [0.2, 0.25) is 0 Å². The van der Waals surface area contributed by atoms with E-state index in [9.17, 15) is 31.5 Å². The summed E-state index contributed by atoms with van der Waals surface area (Å²) in [5.41, 5.74) is 2.15. The molecular formula is C21H20F5N3O4. The second-order valence-electron chi connectivity index (χ2n) is 7.46.